The third kappa shape index (κ3) is 7.17. The standard InChI is InChI=1S/C32H38N6O3/c1-2-25(32(40)41)11-7-17-38-31(33-34-35-38)27-15-13-26(14-16-27)30(28-10-6-12-29(39)22-28)37-20-18-36(19-21-37)23-24-8-4-3-5-9-24/h3-6,8-10,12-16,22,25,30,39H,2,7,11,17-21,23H2,1H3,(H,40,41)/t25?,30-/m0/s1. The second-order valence-corrected chi connectivity index (χ2v) is 10.7. The first-order valence-corrected chi connectivity index (χ1v) is 14.4. The van der Waals surface area contributed by atoms with E-state index in [1.165, 1.54) is 5.56 Å². The molecular formula is C32H38N6O3. The zero-order valence-corrected chi connectivity index (χ0v) is 23.5. The first kappa shape index (κ1) is 28.4. The van der Waals surface area contributed by atoms with Crippen molar-refractivity contribution >= 4 is 5.97 Å². The second-order valence-electron chi connectivity index (χ2n) is 10.7. The Labute approximate surface area is 241 Å². The normalized spacial score (nSPS) is 15.9. The Morgan fingerprint density at radius 1 is 0.927 bits per heavy atom. The largest absolute Gasteiger partial charge is 0.508 e. The molecule has 3 aromatic carbocycles. The Hall–Kier alpha value is -4.08. The van der Waals surface area contributed by atoms with Gasteiger partial charge in [0.15, 0.2) is 5.82 Å². The number of aliphatic carboxylic acids is 1. The average molecular weight is 555 g/mol. The fourth-order valence-electron chi connectivity index (χ4n) is 5.70. The number of hydrogen-bond donors (Lipinski definition) is 2. The number of aromatic nitrogens is 4. The van der Waals surface area contributed by atoms with E-state index in [9.17, 15) is 15.0 Å². The Kier molecular flexibility index (Phi) is 9.38. The van der Waals surface area contributed by atoms with Gasteiger partial charge >= 0.3 is 5.97 Å². The molecule has 0 spiro atoms. The summed E-state index contributed by atoms with van der Waals surface area (Å²) in [5.74, 6) is -0.162. The predicted octanol–water partition coefficient (Wildman–Crippen LogP) is 4.84. The van der Waals surface area contributed by atoms with E-state index in [2.05, 4.69) is 73.9 Å². The molecule has 4 aromatic rings. The van der Waals surface area contributed by atoms with Crippen molar-refractivity contribution < 1.29 is 15.0 Å². The van der Waals surface area contributed by atoms with E-state index in [-0.39, 0.29) is 17.7 Å². The number of carboxylic acids is 1. The van der Waals surface area contributed by atoms with Gasteiger partial charge in [-0.1, -0.05) is 73.7 Å². The Balaban J connectivity index is 1.30. The minimum atomic E-state index is -0.751. The molecule has 1 aliphatic heterocycles. The highest BCUT2D eigenvalue weighted by atomic mass is 16.4. The highest BCUT2D eigenvalue weighted by Crippen LogP contribution is 2.33. The Morgan fingerprint density at radius 3 is 2.37 bits per heavy atom. The molecule has 1 saturated heterocycles. The number of carbonyl (C=O) groups is 1. The molecule has 0 radical (unpaired) electrons. The van der Waals surface area contributed by atoms with E-state index in [0.29, 0.717) is 31.6 Å². The maximum Gasteiger partial charge on any atom is 0.306 e. The number of piperazine rings is 1. The van der Waals surface area contributed by atoms with Gasteiger partial charge in [-0.05, 0) is 58.5 Å². The number of tetrazole rings is 1. The van der Waals surface area contributed by atoms with Gasteiger partial charge in [-0.3, -0.25) is 14.6 Å². The lowest BCUT2D eigenvalue weighted by atomic mass is 9.95. The second kappa shape index (κ2) is 13.5. The monoisotopic (exact) mass is 554 g/mol. The minimum absolute atomic E-state index is 0.00742. The van der Waals surface area contributed by atoms with Crippen LogP contribution in [0.1, 0.15) is 48.9 Å². The van der Waals surface area contributed by atoms with Crippen molar-refractivity contribution in [2.75, 3.05) is 26.2 Å². The van der Waals surface area contributed by atoms with Crippen LogP contribution in [0, 0.1) is 5.92 Å². The molecule has 1 unspecified atom stereocenters. The van der Waals surface area contributed by atoms with Gasteiger partial charge in [0.2, 0.25) is 0 Å². The fraction of sp³-hybridized carbons (Fsp3) is 0.375. The van der Waals surface area contributed by atoms with Crippen LogP contribution in [0.2, 0.25) is 0 Å². The third-order valence-electron chi connectivity index (χ3n) is 7.99. The predicted molar refractivity (Wildman–Crippen MR) is 157 cm³/mol. The molecule has 0 aliphatic carbocycles. The Morgan fingerprint density at radius 2 is 1.68 bits per heavy atom. The van der Waals surface area contributed by atoms with Gasteiger partial charge in [-0.15, -0.1) is 5.10 Å². The molecule has 2 N–H and O–H groups in total. The summed E-state index contributed by atoms with van der Waals surface area (Å²) in [7, 11) is 0. The number of phenols is 1. The first-order valence-electron chi connectivity index (χ1n) is 14.4. The number of nitrogens with zero attached hydrogens (tertiary/aromatic N) is 6. The fourth-order valence-corrected chi connectivity index (χ4v) is 5.70. The van der Waals surface area contributed by atoms with Crippen LogP contribution in [0.25, 0.3) is 11.4 Å². The maximum atomic E-state index is 11.4. The van der Waals surface area contributed by atoms with E-state index in [1.807, 2.05) is 31.2 Å². The van der Waals surface area contributed by atoms with Crippen LogP contribution in [-0.2, 0) is 17.9 Å². The van der Waals surface area contributed by atoms with Crippen molar-refractivity contribution in [2.45, 2.75) is 45.3 Å². The summed E-state index contributed by atoms with van der Waals surface area (Å²) in [4.78, 5) is 16.3. The Bertz CT molecular complexity index is 1400. The van der Waals surface area contributed by atoms with Crippen LogP contribution in [-0.4, -0.2) is 72.4 Å². The highest BCUT2D eigenvalue weighted by molar-refractivity contribution is 5.69. The minimum Gasteiger partial charge on any atom is -0.508 e. The molecule has 214 valence electrons. The van der Waals surface area contributed by atoms with Gasteiger partial charge in [-0.25, -0.2) is 4.68 Å². The van der Waals surface area contributed by atoms with Gasteiger partial charge in [-0.2, -0.15) is 0 Å². The quantitative estimate of drug-likeness (QED) is 0.256. The van der Waals surface area contributed by atoms with Crippen molar-refractivity contribution in [3.05, 3.63) is 95.6 Å². The van der Waals surface area contributed by atoms with Crippen molar-refractivity contribution in [2.24, 2.45) is 5.92 Å². The van der Waals surface area contributed by atoms with Crippen LogP contribution in [0.15, 0.2) is 78.9 Å². The van der Waals surface area contributed by atoms with Crippen LogP contribution in [0.3, 0.4) is 0 Å². The van der Waals surface area contributed by atoms with Crippen molar-refractivity contribution in [3.8, 4) is 17.1 Å². The topological polar surface area (TPSA) is 108 Å². The number of aromatic hydroxyl groups is 1. The van der Waals surface area contributed by atoms with Gasteiger partial charge in [0, 0.05) is 44.8 Å². The van der Waals surface area contributed by atoms with E-state index < -0.39 is 5.97 Å². The first-order chi connectivity index (χ1) is 20.0. The highest BCUT2D eigenvalue weighted by Gasteiger charge is 2.27. The number of phenolic OH excluding ortho intramolecular Hbond substituents is 1. The number of hydrogen-bond acceptors (Lipinski definition) is 7. The van der Waals surface area contributed by atoms with Crippen molar-refractivity contribution in [1.29, 1.82) is 0 Å². The lowest BCUT2D eigenvalue weighted by Crippen LogP contribution is -2.47. The summed E-state index contributed by atoms with van der Waals surface area (Å²) >= 11 is 0. The zero-order chi connectivity index (χ0) is 28.6. The van der Waals surface area contributed by atoms with Crippen LogP contribution in [0.4, 0.5) is 0 Å². The summed E-state index contributed by atoms with van der Waals surface area (Å²) in [5.41, 5.74) is 4.44. The molecule has 9 nitrogen and oxygen atoms in total. The number of rotatable bonds is 12. The van der Waals surface area contributed by atoms with Gasteiger partial charge in [0.1, 0.15) is 5.75 Å². The SMILES string of the molecule is CCC(CCCn1nnnc1-c1ccc([C@@H](c2cccc(O)c2)N2CCN(Cc3ccccc3)CC2)cc1)C(=O)O. The summed E-state index contributed by atoms with van der Waals surface area (Å²) in [5, 5.41) is 31.9. The number of aryl methyl sites for hydroxylation is 1. The third-order valence-corrected chi connectivity index (χ3v) is 7.99. The summed E-state index contributed by atoms with van der Waals surface area (Å²) < 4.78 is 1.75. The van der Waals surface area contributed by atoms with Crippen molar-refractivity contribution in [1.82, 2.24) is 30.0 Å². The van der Waals surface area contributed by atoms with Crippen LogP contribution in [0.5, 0.6) is 5.75 Å². The van der Waals surface area contributed by atoms with E-state index in [1.54, 1.807) is 10.7 Å². The molecule has 2 heterocycles. The maximum absolute atomic E-state index is 11.4. The van der Waals surface area contributed by atoms with E-state index in [0.717, 1.165) is 49.4 Å². The molecule has 0 saturated carbocycles. The smallest absolute Gasteiger partial charge is 0.306 e. The summed E-state index contributed by atoms with van der Waals surface area (Å²) in [6, 6.07) is 26.5. The molecule has 9 heteroatoms. The number of carboxylic acid groups (broad SMARTS) is 1. The summed E-state index contributed by atoms with van der Waals surface area (Å²) in [6.07, 6.45) is 1.90. The van der Waals surface area contributed by atoms with E-state index >= 15 is 0 Å². The molecule has 1 aromatic heterocycles. The molecule has 0 bridgehead atoms. The molecule has 1 aliphatic rings. The lowest BCUT2D eigenvalue weighted by molar-refractivity contribution is -0.142. The summed E-state index contributed by atoms with van der Waals surface area (Å²) in [6.45, 7) is 7.19. The molecule has 0 amide bonds. The number of benzene rings is 3. The van der Waals surface area contributed by atoms with E-state index in [4.69, 9.17) is 0 Å². The zero-order valence-electron chi connectivity index (χ0n) is 23.5. The van der Waals surface area contributed by atoms with Crippen molar-refractivity contribution in [3.63, 3.8) is 0 Å². The van der Waals surface area contributed by atoms with Crippen LogP contribution < -0.4 is 0 Å². The molecular weight excluding hydrogens is 516 g/mol. The van der Waals surface area contributed by atoms with Gasteiger partial charge in [0.25, 0.3) is 0 Å². The molecule has 2 atom stereocenters. The van der Waals surface area contributed by atoms with Crippen LogP contribution >= 0.6 is 0 Å². The molecule has 41 heavy (non-hydrogen) atoms. The molecule has 5 rings (SSSR count). The lowest BCUT2D eigenvalue weighted by Gasteiger charge is -2.40. The molecule has 1 fully saturated rings. The van der Waals surface area contributed by atoms with Gasteiger partial charge < -0.3 is 10.2 Å². The average Bonchev–Trinajstić information content (AvgIpc) is 3.46. The van der Waals surface area contributed by atoms with Gasteiger partial charge in [0.05, 0.1) is 12.0 Å².